The summed E-state index contributed by atoms with van der Waals surface area (Å²) in [5, 5.41) is 0. The molecule has 2 heterocycles. The van der Waals surface area contributed by atoms with Crippen molar-refractivity contribution in [1.82, 2.24) is 9.88 Å². The van der Waals surface area contributed by atoms with Crippen LogP contribution in [0, 0.1) is 5.92 Å². The molecule has 25 heavy (non-hydrogen) atoms. The molecule has 0 bridgehead atoms. The fraction of sp³-hybridized carbons (Fsp3) is 0.500. The number of aromatic nitrogens is 1. The molecule has 1 amide bonds. The van der Waals surface area contributed by atoms with E-state index >= 15 is 0 Å². The lowest BCUT2D eigenvalue weighted by atomic mass is 9.97. The highest BCUT2D eigenvalue weighted by Crippen LogP contribution is 2.22. The molecule has 0 spiro atoms. The van der Waals surface area contributed by atoms with Gasteiger partial charge >= 0.3 is 5.97 Å². The number of anilines is 1. The second-order valence-corrected chi connectivity index (χ2v) is 6.23. The lowest BCUT2D eigenvalue weighted by molar-refractivity contribution is -0.151. The monoisotopic (exact) mass is 345 g/mol. The Bertz CT molecular complexity index is 717. The topological polar surface area (TPSA) is 75.9 Å². The van der Waals surface area contributed by atoms with Gasteiger partial charge in [0, 0.05) is 20.1 Å². The van der Waals surface area contributed by atoms with Crippen LogP contribution in [0.1, 0.15) is 19.8 Å². The number of ether oxygens (including phenoxy) is 1. The standard InChI is InChI=1S/C18H23N3O4/c1-3-24-17(23)13-8-10-21(11-9-13)16(22)12-20(2)18-19-14-6-4-5-7-15(14)25-18/h4-7,13H,3,8-12H2,1-2H3. The van der Waals surface area contributed by atoms with E-state index in [2.05, 4.69) is 4.98 Å². The first-order valence-electron chi connectivity index (χ1n) is 8.59. The van der Waals surface area contributed by atoms with Crippen molar-refractivity contribution in [3.8, 4) is 0 Å². The Labute approximate surface area is 146 Å². The number of likely N-dealkylation sites (N-methyl/N-ethyl adjacent to an activating group) is 1. The number of oxazole rings is 1. The molecule has 3 rings (SSSR count). The number of hydrogen-bond donors (Lipinski definition) is 0. The molecule has 7 heteroatoms. The average Bonchev–Trinajstić information content (AvgIpc) is 3.06. The van der Waals surface area contributed by atoms with Crippen LogP contribution in [0.3, 0.4) is 0 Å². The van der Waals surface area contributed by atoms with Gasteiger partial charge in [0.1, 0.15) is 12.1 Å². The third-order valence-electron chi connectivity index (χ3n) is 4.45. The maximum atomic E-state index is 12.5. The summed E-state index contributed by atoms with van der Waals surface area (Å²) in [6.07, 6.45) is 1.30. The van der Waals surface area contributed by atoms with Crippen LogP contribution in [-0.2, 0) is 14.3 Å². The number of piperidine rings is 1. The number of benzene rings is 1. The molecular weight excluding hydrogens is 322 g/mol. The molecule has 0 saturated carbocycles. The molecule has 1 fully saturated rings. The van der Waals surface area contributed by atoms with Gasteiger partial charge in [-0.3, -0.25) is 9.59 Å². The molecule has 1 saturated heterocycles. The van der Waals surface area contributed by atoms with Crippen molar-refractivity contribution in [3.05, 3.63) is 24.3 Å². The first-order valence-corrected chi connectivity index (χ1v) is 8.59. The minimum atomic E-state index is -0.154. The third-order valence-corrected chi connectivity index (χ3v) is 4.45. The molecule has 1 aliphatic rings. The van der Waals surface area contributed by atoms with Crippen LogP contribution >= 0.6 is 0 Å². The number of esters is 1. The summed E-state index contributed by atoms with van der Waals surface area (Å²) in [7, 11) is 1.79. The van der Waals surface area contributed by atoms with Gasteiger partial charge in [-0.05, 0) is 31.9 Å². The predicted molar refractivity (Wildman–Crippen MR) is 93.2 cm³/mol. The molecule has 0 atom stereocenters. The number of likely N-dealkylation sites (tertiary alicyclic amines) is 1. The molecule has 0 radical (unpaired) electrons. The minimum absolute atomic E-state index is 0.00654. The van der Waals surface area contributed by atoms with Gasteiger partial charge in [0.2, 0.25) is 5.91 Å². The normalized spacial score (nSPS) is 15.4. The third kappa shape index (κ3) is 3.92. The summed E-state index contributed by atoms with van der Waals surface area (Å²) in [5.74, 6) is -0.246. The Hall–Kier alpha value is -2.57. The molecule has 0 unspecified atom stereocenters. The zero-order valence-corrected chi connectivity index (χ0v) is 14.6. The lowest BCUT2D eigenvalue weighted by Gasteiger charge is -2.31. The van der Waals surface area contributed by atoms with Crippen molar-refractivity contribution < 1.29 is 18.7 Å². The quantitative estimate of drug-likeness (QED) is 0.772. The molecule has 1 aromatic heterocycles. The van der Waals surface area contributed by atoms with Gasteiger partial charge in [0.05, 0.1) is 12.5 Å². The van der Waals surface area contributed by atoms with Crippen molar-refractivity contribution in [3.63, 3.8) is 0 Å². The predicted octanol–water partition coefficient (Wildman–Crippen LogP) is 2.07. The van der Waals surface area contributed by atoms with Gasteiger partial charge in [-0.1, -0.05) is 12.1 Å². The van der Waals surface area contributed by atoms with Gasteiger partial charge in [-0.25, -0.2) is 0 Å². The highest BCUT2D eigenvalue weighted by molar-refractivity contribution is 5.82. The SMILES string of the molecule is CCOC(=O)C1CCN(C(=O)CN(C)c2nc3ccccc3o2)CC1. The zero-order valence-electron chi connectivity index (χ0n) is 14.6. The second-order valence-electron chi connectivity index (χ2n) is 6.23. The van der Waals surface area contributed by atoms with Gasteiger partial charge < -0.3 is 19.0 Å². The number of fused-ring (bicyclic) bond motifs is 1. The van der Waals surface area contributed by atoms with E-state index in [0.717, 1.165) is 5.52 Å². The van der Waals surface area contributed by atoms with Crippen LogP contribution in [0.25, 0.3) is 11.1 Å². The van der Waals surface area contributed by atoms with E-state index in [-0.39, 0.29) is 24.3 Å². The van der Waals surface area contributed by atoms with Crippen molar-refractivity contribution in [2.24, 2.45) is 5.92 Å². The Morgan fingerprint density at radius 3 is 2.72 bits per heavy atom. The summed E-state index contributed by atoms with van der Waals surface area (Å²) < 4.78 is 10.7. The Morgan fingerprint density at radius 2 is 2.04 bits per heavy atom. The highest BCUT2D eigenvalue weighted by Gasteiger charge is 2.28. The Balaban J connectivity index is 1.54. The van der Waals surface area contributed by atoms with Crippen LogP contribution in [0.5, 0.6) is 0 Å². The zero-order chi connectivity index (χ0) is 17.8. The van der Waals surface area contributed by atoms with Crippen LogP contribution < -0.4 is 4.90 Å². The van der Waals surface area contributed by atoms with Gasteiger partial charge in [0.25, 0.3) is 6.01 Å². The van der Waals surface area contributed by atoms with Crippen molar-refractivity contribution >= 4 is 29.0 Å². The summed E-state index contributed by atoms with van der Waals surface area (Å²) in [6, 6.07) is 7.93. The molecule has 1 aromatic carbocycles. The number of rotatable bonds is 5. The molecule has 0 N–H and O–H groups in total. The number of amides is 1. The molecule has 2 aromatic rings. The number of carbonyl (C=O) groups excluding carboxylic acids is 2. The number of para-hydroxylation sites is 2. The molecule has 7 nitrogen and oxygen atoms in total. The van der Waals surface area contributed by atoms with E-state index < -0.39 is 0 Å². The van der Waals surface area contributed by atoms with Crippen LogP contribution in [0.4, 0.5) is 6.01 Å². The van der Waals surface area contributed by atoms with E-state index in [9.17, 15) is 9.59 Å². The van der Waals surface area contributed by atoms with E-state index in [1.165, 1.54) is 0 Å². The summed E-state index contributed by atoms with van der Waals surface area (Å²) in [4.78, 5) is 32.2. The van der Waals surface area contributed by atoms with E-state index in [1.807, 2.05) is 24.3 Å². The van der Waals surface area contributed by atoms with Crippen molar-refractivity contribution in [2.75, 3.05) is 38.2 Å². The van der Waals surface area contributed by atoms with Crippen molar-refractivity contribution in [2.45, 2.75) is 19.8 Å². The van der Waals surface area contributed by atoms with E-state index in [0.29, 0.717) is 44.1 Å². The average molecular weight is 345 g/mol. The summed E-state index contributed by atoms with van der Waals surface area (Å²) in [6.45, 7) is 3.54. The van der Waals surface area contributed by atoms with E-state index in [1.54, 1.807) is 23.8 Å². The smallest absolute Gasteiger partial charge is 0.309 e. The largest absolute Gasteiger partial charge is 0.466 e. The van der Waals surface area contributed by atoms with Crippen LogP contribution in [-0.4, -0.2) is 55.0 Å². The summed E-state index contributed by atoms with van der Waals surface area (Å²) in [5.41, 5.74) is 1.47. The number of hydrogen-bond acceptors (Lipinski definition) is 6. The van der Waals surface area contributed by atoms with Gasteiger partial charge in [-0.2, -0.15) is 4.98 Å². The maximum Gasteiger partial charge on any atom is 0.309 e. The van der Waals surface area contributed by atoms with Crippen LogP contribution in [0.15, 0.2) is 28.7 Å². The van der Waals surface area contributed by atoms with E-state index in [4.69, 9.17) is 9.15 Å². The second kappa shape index (κ2) is 7.55. The maximum absolute atomic E-state index is 12.5. The fourth-order valence-corrected chi connectivity index (χ4v) is 3.02. The highest BCUT2D eigenvalue weighted by atomic mass is 16.5. The summed E-state index contributed by atoms with van der Waals surface area (Å²) >= 11 is 0. The molecular formula is C18H23N3O4. The van der Waals surface area contributed by atoms with Crippen molar-refractivity contribution in [1.29, 1.82) is 0 Å². The Kier molecular flexibility index (Phi) is 5.21. The lowest BCUT2D eigenvalue weighted by Crippen LogP contribution is -2.44. The number of nitrogens with zero attached hydrogens (tertiary/aromatic N) is 3. The van der Waals surface area contributed by atoms with Crippen LogP contribution in [0.2, 0.25) is 0 Å². The first kappa shape index (κ1) is 17.3. The Morgan fingerprint density at radius 1 is 1.32 bits per heavy atom. The molecule has 134 valence electrons. The first-order chi connectivity index (χ1) is 12.1. The minimum Gasteiger partial charge on any atom is -0.466 e. The van der Waals surface area contributed by atoms with Gasteiger partial charge in [0.15, 0.2) is 5.58 Å². The van der Waals surface area contributed by atoms with Gasteiger partial charge in [-0.15, -0.1) is 0 Å². The molecule has 1 aliphatic heterocycles. The molecule has 0 aliphatic carbocycles. The number of carbonyl (C=O) groups is 2. The fourth-order valence-electron chi connectivity index (χ4n) is 3.02.